The first kappa shape index (κ1) is 24.4. The number of halogens is 2. The van der Waals surface area contributed by atoms with E-state index in [1.807, 2.05) is 6.92 Å². The smallest absolute Gasteiger partial charge is 0.263 e. The fraction of sp³-hybridized carbons (Fsp3) is 0.364. The zero-order valence-corrected chi connectivity index (χ0v) is 19.9. The highest BCUT2D eigenvalue weighted by atomic mass is 35.5. The van der Waals surface area contributed by atoms with Crippen molar-refractivity contribution in [1.29, 1.82) is 0 Å². The second-order valence-corrected chi connectivity index (χ2v) is 10.1. The van der Waals surface area contributed by atoms with Crippen LogP contribution >= 0.6 is 23.2 Å². The van der Waals surface area contributed by atoms with Gasteiger partial charge < -0.3 is 10.2 Å². The minimum absolute atomic E-state index is 0.0369. The number of amides is 2. The first-order valence-electron chi connectivity index (χ1n) is 10.4. The Bertz CT molecular complexity index is 1110. The molecule has 172 valence electrons. The molecule has 1 fully saturated rings. The summed E-state index contributed by atoms with van der Waals surface area (Å²) in [6.45, 7) is 3.48. The van der Waals surface area contributed by atoms with Crippen molar-refractivity contribution in [3.05, 3.63) is 58.1 Å². The molecule has 0 aromatic heterocycles. The van der Waals surface area contributed by atoms with Crippen molar-refractivity contribution >= 4 is 50.7 Å². The number of nitrogens with zero attached hydrogens (tertiary/aromatic N) is 1. The number of nitrogens with one attached hydrogen (secondary N) is 2. The van der Waals surface area contributed by atoms with Crippen molar-refractivity contribution < 1.29 is 18.0 Å². The monoisotopic (exact) mass is 497 g/mol. The number of anilines is 1. The Labute approximate surface area is 198 Å². The number of rotatable bonds is 7. The van der Waals surface area contributed by atoms with E-state index in [0.717, 1.165) is 19.3 Å². The maximum atomic E-state index is 13.0. The Hall–Kier alpha value is -2.29. The third kappa shape index (κ3) is 5.94. The van der Waals surface area contributed by atoms with Gasteiger partial charge >= 0.3 is 0 Å². The second-order valence-electron chi connectivity index (χ2n) is 7.64. The topological polar surface area (TPSA) is 95.6 Å². The molecule has 1 heterocycles. The van der Waals surface area contributed by atoms with Gasteiger partial charge in [-0.15, -0.1) is 0 Å². The lowest BCUT2D eigenvalue weighted by molar-refractivity contribution is -0.126. The zero-order chi connectivity index (χ0) is 23.3. The molecule has 2 aromatic rings. The summed E-state index contributed by atoms with van der Waals surface area (Å²) in [6.07, 6.45) is 2.32. The molecule has 2 aromatic carbocycles. The van der Waals surface area contributed by atoms with E-state index in [2.05, 4.69) is 10.0 Å². The van der Waals surface area contributed by atoms with Crippen molar-refractivity contribution in [2.24, 2.45) is 5.92 Å². The average molecular weight is 498 g/mol. The summed E-state index contributed by atoms with van der Waals surface area (Å²) < 4.78 is 28.0. The predicted octanol–water partition coefficient (Wildman–Crippen LogP) is 4.17. The number of sulfonamides is 1. The number of hydrogen-bond acceptors (Lipinski definition) is 4. The molecular formula is C22H25Cl2N3O4S. The van der Waals surface area contributed by atoms with Crippen LogP contribution in [0.3, 0.4) is 0 Å². The molecule has 7 nitrogen and oxygen atoms in total. The van der Waals surface area contributed by atoms with E-state index >= 15 is 0 Å². The summed E-state index contributed by atoms with van der Waals surface area (Å²) in [5, 5.41) is 3.16. The minimum atomic E-state index is -4.01. The van der Waals surface area contributed by atoms with Crippen molar-refractivity contribution in [1.82, 2.24) is 10.2 Å². The highest BCUT2D eigenvalue weighted by Gasteiger charge is 2.29. The SMILES string of the molecule is CCCNC(=O)C1CCCN(C(=O)c2cccc(NS(=O)(=O)c3cc(Cl)ccc3Cl)c2)C1. The van der Waals surface area contributed by atoms with Crippen LogP contribution in [0.15, 0.2) is 47.4 Å². The normalized spacial score (nSPS) is 16.5. The molecule has 1 saturated heterocycles. The van der Waals surface area contributed by atoms with Crippen molar-refractivity contribution in [2.45, 2.75) is 31.1 Å². The number of likely N-dealkylation sites (tertiary alicyclic amines) is 1. The summed E-state index contributed by atoms with van der Waals surface area (Å²) in [6, 6.07) is 10.4. The molecule has 0 bridgehead atoms. The highest BCUT2D eigenvalue weighted by molar-refractivity contribution is 7.92. The lowest BCUT2D eigenvalue weighted by Gasteiger charge is -2.32. The molecule has 32 heavy (non-hydrogen) atoms. The van der Waals surface area contributed by atoms with Gasteiger partial charge in [0.1, 0.15) is 4.90 Å². The third-order valence-electron chi connectivity index (χ3n) is 5.17. The fourth-order valence-electron chi connectivity index (χ4n) is 3.56. The van der Waals surface area contributed by atoms with Crippen LogP contribution in [0.1, 0.15) is 36.5 Å². The highest BCUT2D eigenvalue weighted by Crippen LogP contribution is 2.27. The van der Waals surface area contributed by atoms with Gasteiger partial charge in [-0.25, -0.2) is 8.42 Å². The van der Waals surface area contributed by atoms with Gasteiger partial charge in [-0.1, -0.05) is 36.2 Å². The number of piperidine rings is 1. The molecule has 0 spiro atoms. The molecule has 1 aliphatic rings. The van der Waals surface area contributed by atoms with Crippen LogP contribution in [0.5, 0.6) is 0 Å². The Balaban J connectivity index is 1.75. The van der Waals surface area contributed by atoms with Gasteiger partial charge in [-0.2, -0.15) is 0 Å². The molecular weight excluding hydrogens is 473 g/mol. The van der Waals surface area contributed by atoms with E-state index < -0.39 is 10.0 Å². The molecule has 1 aliphatic heterocycles. The molecule has 3 rings (SSSR count). The first-order valence-corrected chi connectivity index (χ1v) is 12.6. The number of carbonyl (C=O) groups excluding carboxylic acids is 2. The molecule has 10 heteroatoms. The van der Waals surface area contributed by atoms with Crippen molar-refractivity contribution in [3.8, 4) is 0 Å². The van der Waals surface area contributed by atoms with Crippen LogP contribution in [-0.2, 0) is 14.8 Å². The summed E-state index contributed by atoms with van der Waals surface area (Å²) in [4.78, 5) is 26.8. The van der Waals surface area contributed by atoms with Crippen LogP contribution in [-0.4, -0.2) is 44.8 Å². The Morgan fingerprint density at radius 2 is 1.94 bits per heavy atom. The van der Waals surface area contributed by atoms with Crippen molar-refractivity contribution in [2.75, 3.05) is 24.4 Å². The lowest BCUT2D eigenvalue weighted by atomic mass is 9.96. The van der Waals surface area contributed by atoms with Crippen molar-refractivity contribution in [3.63, 3.8) is 0 Å². The summed E-state index contributed by atoms with van der Waals surface area (Å²) >= 11 is 11.9. The zero-order valence-electron chi connectivity index (χ0n) is 17.6. The van der Waals surface area contributed by atoms with Gasteiger partial charge in [0.25, 0.3) is 15.9 Å². The van der Waals surface area contributed by atoms with Gasteiger partial charge in [0.15, 0.2) is 0 Å². The van der Waals surface area contributed by atoms with E-state index in [1.54, 1.807) is 23.1 Å². The maximum absolute atomic E-state index is 13.0. The van der Waals surface area contributed by atoms with E-state index in [1.165, 1.54) is 24.3 Å². The molecule has 0 saturated carbocycles. The molecule has 0 radical (unpaired) electrons. The minimum Gasteiger partial charge on any atom is -0.356 e. The largest absolute Gasteiger partial charge is 0.356 e. The van der Waals surface area contributed by atoms with Crippen LogP contribution in [0.2, 0.25) is 10.0 Å². The fourth-order valence-corrected chi connectivity index (χ4v) is 5.37. The summed E-state index contributed by atoms with van der Waals surface area (Å²) in [5.74, 6) is -0.532. The predicted molar refractivity (Wildman–Crippen MR) is 126 cm³/mol. The summed E-state index contributed by atoms with van der Waals surface area (Å²) in [5.41, 5.74) is 0.554. The van der Waals surface area contributed by atoms with E-state index in [0.29, 0.717) is 25.2 Å². The Morgan fingerprint density at radius 1 is 1.16 bits per heavy atom. The molecule has 1 atom stereocenters. The van der Waals surface area contributed by atoms with Crippen LogP contribution in [0.25, 0.3) is 0 Å². The average Bonchev–Trinajstić information content (AvgIpc) is 2.78. The van der Waals surface area contributed by atoms with Crippen LogP contribution in [0, 0.1) is 5.92 Å². The van der Waals surface area contributed by atoms with E-state index in [4.69, 9.17) is 23.2 Å². The number of hydrogen-bond donors (Lipinski definition) is 2. The second kappa shape index (κ2) is 10.6. The van der Waals surface area contributed by atoms with Crippen LogP contribution < -0.4 is 10.0 Å². The standard InChI is InChI=1S/C22H25Cl2N3O4S/c1-2-10-25-21(28)16-6-4-11-27(14-16)22(29)15-5-3-7-18(12-15)26-32(30,31)20-13-17(23)8-9-19(20)24/h3,5,7-9,12-13,16,26H,2,4,6,10-11,14H2,1H3,(H,25,28). The van der Waals surface area contributed by atoms with Crippen LogP contribution in [0.4, 0.5) is 5.69 Å². The number of benzene rings is 2. The third-order valence-corrected chi connectivity index (χ3v) is 7.27. The first-order chi connectivity index (χ1) is 15.2. The van der Waals surface area contributed by atoms with Gasteiger partial charge in [0, 0.05) is 35.9 Å². The number of carbonyl (C=O) groups is 2. The van der Waals surface area contributed by atoms with E-state index in [-0.39, 0.29) is 38.4 Å². The van der Waals surface area contributed by atoms with E-state index in [9.17, 15) is 18.0 Å². The molecule has 2 N–H and O–H groups in total. The Morgan fingerprint density at radius 3 is 2.69 bits per heavy atom. The molecule has 2 amide bonds. The van der Waals surface area contributed by atoms with Gasteiger partial charge in [0.05, 0.1) is 10.9 Å². The molecule has 1 unspecified atom stereocenters. The van der Waals surface area contributed by atoms with Gasteiger partial charge in [-0.3, -0.25) is 14.3 Å². The van der Waals surface area contributed by atoms with Gasteiger partial charge in [-0.05, 0) is 55.7 Å². The Kier molecular flexibility index (Phi) is 8.03. The quantitative estimate of drug-likeness (QED) is 0.599. The molecule has 0 aliphatic carbocycles. The maximum Gasteiger partial charge on any atom is 0.263 e. The lowest BCUT2D eigenvalue weighted by Crippen LogP contribution is -2.45. The summed E-state index contributed by atoms with van der Waals surface area (Å²) in [7, 11) is -4.01. The van der Waals surface area contributed by atoms with Gasteiger partial charge in [0.2, 0.25) is 5.91 Å².